The lowest BCUT2D eigenvalue weighted by atomic mass is 10.0. The number of alkyl halides is 3. The monoisotopic (exact) mass is 415 g/mol. The first-order valence-corrected chi connectivity index (χ1v) is 8.41. The molecule has 2 aromatic carbocycles. The Hall–Kier alpha value is -2.81. The smallest absolute Gasteiger partial charge is 0.324 e. The van der Waals surface area contributed by atoms with E-state index >= 15 is 0 Å². The lowest BCUT2D eigenvalue weighted by Gasteiger charge is -2.23. The van der Waals surface area contributed by atoms with Gasteiger partial charge in [0.15, 0.2) is 0 Å². The van der Waals surface area contributed by atoms with Gasteiger partial charge in [-0.05, 0) is 49.4 Å². The highest BCUT2D eigenvalue weighted by Crippen LogP contribution is 2.36. The molecule has 0 bridgehead atoms. The predicted molar refractivity (Wildman–Crippen MR) is 95.8 cm³/mol. The van der Waals surface area contributed by atoms with E-state index < -0.39 is 40.1 Å². The van der Waals surface area contributed by atoms with E-state index in [1.54, 1.807) is 0 Å². The molecule has 2 aromatic rings. The molecule has 1 unspecified atom stereocenters. The van der Waals surface area contributed by atoms with Crippen LogP contribution in [0.25, 0.3) is 0 Å². The summed E-state index contributed by atoms with van der Waals surface area (Å²) in [7, 11) is 0. The highest BCUT2D eigenvalue weighted by atomic mass is 35.5. The van der Waals surface area contributed by atoms with Crippen LogP contribution in [0.2, 0.25) is 5.02 Å². The summed E-state index contributed by atoms with van der Waals surface area (Å²) in [5.41, 5.74) is -2.23. The van der Waals surface area contributed by atoms with Crippen LogP contribution in [0.15, 0.2) is 42.5 Å². The Labute approximate surface area is 162 Å². The van der Waals surface area contributed by atoms with Crippen LogP contribution in [0.1, 0.15) is 12.5 Å². The lowest BCUT2D eigenvalue weighted by Crippen LogP contribution is -2.51. The lowest BCUT2D eigenvalue weighted by molar-refractivity contribution is -0.137. The summed E-state index contributed by atoms with van der Waals surface area (Å²) in [5.74, 6) is -1.19. The summed E-state index contributed by atoms with van der Waals surface area (Å²) in [4.78, 5) is 26.1. The molecule has 1 heterocycles. The fourth-order valence-electron chi connectivity index (χ4n) is 2.78. The molecule has 3 amide bonds. The highest BCUT2D eigenvalue weighted by molar-refractivity contribution is 6.31. The second kappa shape index (κ2) is 6.97. The van der Waals surface area contributed by atoms with Crippen LogP contribution in [0, 0.1) is 5.82 Å². The van der Waals surface area contributed by atoms with E-state index in [0.29, 0.717) is 5.69 Å². The molecule has 5 nitrogen and oxygen atoms in total. The maximum Gasteiger partial charge on any atom is 0.417 e. The molecule has 0 spiro atoms. The molecule has 0 radical (unpaired) electrons. The Kier molecular flexibility index (Phi) is 4.97. The van der Waals surface area contributed by atoms with Crippen LogP contribution >= 0.6 is 11.6 Å². The van der Waals surface area contributed by atoms with Crippen molar-refractivity contribution in [3.05, 3.63) is 58.9 Å². The fourth-order valence-corrected chi connectivity index (χ4v) is 3.00. The minimum Gasteiger partial charge on any atom is -0.324 e. The van der Waals surface area contributed by atoms with Gasteiger partial charge >= 0.3 is 12.2 Å². The number of carbonyl (C=O) groups is 2. The van der Waals surface area contributed by atoms with Gasteiger partial charge in [0.2, 0.25) is 0 Å². The number of anilines is 2. The number of hydrogen-bond acceptors (Lipinski definition) is 2. The number of amides is 3. The van der Waals surface area contributed by atoms with E-state index in [0.717, 1.165) is 12.1 Å². The van der Waals surface area contributed by atoms with E-state index in [2.05, 4.69) is 10.6 Å². The summed E-state index contributed by atoms with van der Waals surface area (Å²) < 4.78 is 52.0. The Morgan fingerprint density at radius 2 is 1.86 bits per heavy atom. The van der Waals surface area contributed by atoms with Crippen LogP contribution in [-0.4, -0.2) is 24.0 Å². The van der Waals surface area contributed by atoms with Crippen molar-refractivity contribution in [3.8, 4) is 0 Å². The number of urea groups is 1. The van der Waals surface area contributed by atoms with Crippen LogP contribution in [0.5, 0.6) is 0 Å². The number of nitrogens with one attached hydrogen (secondary N) is 2. The van der Waals surface area contributed by atoms with Crippen molar-refractivity contribution in [1.29, 1.82) is 0 Å². The molecule has 2 N–H and O–H groups in total. The maximum absolute atomic E-state index is 13.1. The normalized spacial score (nSPS) is 19.5. The molecule has 0 saturated carbocycles. The van der Waals surface area contributed by atoms with Gasteiger partial charge < -0.3 is 10.6 Å². The zero-order valence-electron chi connectivity index (χ0n) is 14.4. The number of benzene rings is 2. The minimum atomic E-state index is -4.68. The Morgan fingerprint density at radius 3 is 2.46 bits per heavy atom. The zero-order valence-corrected chi connectivity index (χ0v) is 15.2. The first-order chi connectivity index (χ1) is 13.0. The molecule has 10 heteroatoms. The van der Waals surface area contributed by atoms with Crippen molar-refractivity contribution in [2.75, 3.05) is 16.8 Å². The van der Waals surface area contributed by atoms with Crippen molar-refractivity contribution < 1.29 is 27.2 Å². The number of carbonyl (C=O) groups excluding carboxylic acids is 2. The fraction of sp³-hybridized carbons (Fsp3) is 0.222. The third kappa shape index (κ3) is 3.89. The molecule has 0 aromatic heterocycles. The quantitative estimate of drug-likeness (QED) is 0.729. The molecule has 1 fully saturated rings. The standard InChI is InChI=1S/C18H14ClF4N3O2/c1-17(9-26(16(28)25-17)12-5-2-10(20)3-6-12)15(27)24-11-4-7-14(19)13(8-11)18(21,22)23/h2-8H,9H2,1H3,(H,24,27)(H,25,28). The molecule has 1 aliphatic heterocycles. The van der Waals surface area contributed by atoms with E-state index in [4.69, 9.17) is 11.6 Å². The molecule has 0 aliphatic carbocycles. The van der Waals surface area contributed by atoms with Crippen LogP contribution in [-0.2, 0) is 11.0 Å². The van der Waals surface area contributed by atoms with Crippen LogP contribution < -0.4 is 15.5 Å². The highest BCUT2D eigenvalue weighted by Gasteiger charge is 2.45. The van der Waals surface area contributed by atoms with Crippen LogP contribution in [0.4, 0.5) is 33.7 Å². The summed E-state index contributed by atoms with van der Waals surface area (Å²) in [6.07, 6.45) is -4.68. The summed E-state index contributed by atoms with van der Waals surface area (Å²) in [6, 6.07) is 7.50. The molecular weight excluding hydrogens is 402 g/mol. The molecule has 28 heavy (non-hydrogen) atoms. The first kappa shape index (κ1) is 19.9. The van der Waals surface area contributed by atoms with Gasteiger partial charge in [0.05, 0.1) is 17.1 Å². The Bertz CT molecular complexity index is 933. The van der Waals surface area contributed by atoms with E-state index in [1.807, 2.05) is 0 Å². The second-order valence-electron chi connectivity index (χ2n) is 6.47. The molecule has 1 aliphatic rings. The number of nitrogens with zero attached hydrogens (tertiary/aromatic N) is 1. The van der Waals surface area contributed by atoms with Crippen molar-refractivity contribution >= 4 is 34.9 Å². The zero-order chi connectivity index (χ0) is 20.7. The topological polar surface area (TPSA) is 61.4 Å². The van der Waals surface area contributed by atoms with E-state index in [1.165, 1.54) is 42.2 Å². The average Bonchev–Trinajstić information content (AvgIpc) is 2.92. The van der Waals surface area contributed by atoms with Crippen molar-refractivity contribution in [2.24, 2.45) is 0 Å². The van der Waals surface area contributed by atoms with Gasteiger partial charge in [-0.3, -0.25) is 9.69 Å². The molecule has 148 valence electrons. The van der Waals surface area contributed by atoms with Gasteiger partial charge in [0.1, 0.15) is 11.4 Å². The SMILES string of the molecule is CC1(C(=O)Nc2ccc(Cl)c(C(F)(F)F)c2)CN(c2ccc(F)cc2)C(=O)N1. The van der Waals surface area contributed by atoms with E-state index in [9.17, 15) is 27.2 Å². The average molecular weight is 416 g/mol. The van der Waals surface area contributed by atoms with E-state index in [-0.39, 0.29) is 12.2 Å². The predicted octanol–water partition coefficient (Wildman–Crippen LogP) is 4.42. The van der Waals surface area contributed by atoms with Gasteiger partial charge in [-0.25, -0.2) is 9.18 Å². The van der Waals surface area contributed by atoms with Gasteiger partial charge in [0, 0.05) is 11.4 Å². The van der Waals surface area contributed by atoms with Gasteiger partial charge in [-0.2, -0.15) is 13.2 Å². The molecule has 1 saturated heterocycles. The maximum atomic E-state index is 13.1. The molecule has 3 rings (SSSR count). The third-order valence-corrected chi connectivity index (χ3v) is 4.60. The minimum absolute atomic E-state index is 0.0942. The molecule has 1 atom stereocenters. The van der Waals surface area contributed by atoms with Crippen molar-refractivity contribution in [2.45, 2.75) is 18.6 Å². The van der Waals surface area contributed by atoms with Crippen molar-refractivity contribution in [1.82, 2.24) is 5.32 Å². The van der Waals surface area contributed by atoms with Crippen molar-refractivity contribution in [3.63, 3.8) is 0 Å². The molecular formula is C18H14ClF4N3O2. The largest absolute Gasteiger partial charge is 0.417 e. The summed E-state index contributed by atoms with van der Waals surface area (Å²) >= 11 is 5.57. The van der Waals surface area contributed by atoms with Gasteiger partial charge in [0.25, 0.3) is 5.91 Å². The Morgan fingerprint density at radius 1 is 1.21 bits per heavy atom. The van der Waals surface area contributed by atoms with Gasteiger partial charge in [-0.1, -0.05) is 11.6 Å². The summed E-state index contributed by atoms with van der Waals surface area (Å²) in [5, 5.41) is 4.38. The second-order valence-corrected chi connectivity index (χ2v) is 6.88. The Balaban J connectivity index is 1.79. The number of hydrogen-bond donors (Lipinski definition) is 2. The summed E-state index contributed by atoms with van der Waals surface area (Å²) in [6.45, 7) is 1.34. The first-order valence-electron chi connectivity index (χ1n) is 8.03. The third-order valence-electron chi connectivity index (χ3n) is 4.27. The van der Waals surface area contributed by atoms with Gasteiger partial charge in [-0.15, -0.1) is 0 Å². The number of rotatable bonds is 3. The number of halogens is 5. The van der Waals surface area contributed by atoms with Crippen LogP contribution in [0.3, 0.4) is 0 Å².